The van der Waals surface area contributed by atoms with Gasteiger partial charge in [0.1, 0.15) is 0 Å². The minimum absolute atomic E-state index is 0.173. The quantitative estimate of drug-likeness (QED) is 0.436. The SMILES string of the molecule is O=C(O[C@@H]1C(=O)N(c2cccc(Cl)c2)C(=O)[C@@H]1OC(=O)c1ccccc1)c1ccccc1. The molecule has 1 aliphatic rings. The van der Waals surface area contributed by atoms with Crippen LogP contribution in [0.15, 0.2) is 84.9 Å². The van der Waals surface area contributed by atoms with Gasteiger partial charge in [0.05, 0.1) is 16.8 Å². The predicted molar refractivity (Wildman–Crippen MR) is 115 cm³/mol. The zero-order valence-corrected chi connectivity index (χ0v) is 17.3. The molecule has 160 valence electrons. The summed E-state index contributed by atoms with van der Waals surface area (Å²) in [7, 11) is 0. The van der Waals surface area contributed by atoms with Crippen LogP contribution in [-0.2, 0) is 19.1 Å². The molecular formula is C24H16ClNO6. The first-order valence-electron chi connectivity index (χ1n) is 9.61. The summed E-state index contributed by atoms with van der Waals surface area (Å²) in [6.07, 6.45) is -3.30. The van der Waals surface area contributed by atoms with Crippen molar-refractivity contribution in [1.29, 1.82) is 0 Å². The number of carbonyl (C=O) groups is 4. The van der Waals surface area contributed by atoms with Gasteiger partial charge >= 0.3 is 11.9 Å². The number of ether oxygens (including phenoxy) is 2. The monoisotopic (exact) mass is 449 g/mol. The van der Waals surface area contributed by atoms with Gasteiger partial charge in [0.25, 0.3) is 11.8 Å². The molecule has 0 radical (unpaired) electrons. The normalized spacial score (nSPS) is 17.8. The standard InChI is InChI=1S/C24H16ClNO6/c25-17-12-7-13-18(14-17)26-21(27)19(31-23(29)15-8-3-1-4-9-15)20(22(26)28)32-24(30)16-10-5-2-6-11-16/h1-14,19-20H/t19-,20+. The second-order valence-electron chi connectivity index (χ2n) is 6.88. The lowest BCUT2D eigenvalue weighted by atomic mass is 10.2. The van der Waals surface area contributed by atoms with Crippen LogP contribution >= 0.6 is 11.6 Å². The van der Waals surface area contributed by atoms with Crippen molar-refractivity contribution in [3.8, 4) is 0 Å². The number of anilines is 1. The van der Waals surface area contributed by atoms with Crippen molar-refractivity contribution >= 4 is 41.0 Å². The Morgan fingerprint density at radius 3 is 1.59 bits per heavy atom. The van der Waals surface area contributed by atoms with Crippen LogP contribution in [0.4, 0.5) is 5.69 Å². The van der Waals surface area contributed by atoms with E-state index < -0.39 is 36.0 Å². The Balaban J connectivity index is 1.66. The van der Waals surface area contributed by atoms with Crippen LogP contribution < -0.4 is 4.90 Å². The number of halogens is 1. The van der Waals surface area contributed by atoms with Crippen molar-refractivity contribution in [1.82, 2.24) is 0 Å². The number of esters is 2. The Kier molecular flexibility index (Phi) is 6.00. The van der Waals surface area contributed by atoms with Gasteiger partial charge in [-0.05, 0) is 42.5 Å². The van der Waals surface area contributed by atoms with E-state index in [1.54, 1.807) is 48.5 Å². The van der Waals surface area contributed by atoms with E-state index in [2.05, 4.69) is 0 Å². The van der Waals surface area contributed by atoms with Crippen LogP contribution in [-0.4, -0.2) is 36.0 Å². The summed E-state index contributed by atoms with van der Waals surface area (Å²) >= 11 is 6.00. The molecule has 1 fully saturated rings. The highest BCUT2D eigenvalue weighted by atomic mass is 35.5. The largest absolute Gasteiger partial charge is 0.444 e. The first kappa shape index (κ1) is 21.3. The molecule has 8 heteroatoms. The molecule has 0 bridgehead atoms. The van der Waals surface area contributed by atoms with Gasteiger partial charge in [0, 0.05) is 5.02 Å². The summed E-state index contributed by atoms with van der Waals surface area (Å²) in [5.74, 6) is -3.34. The third-order valence-electron chi connectivity index (χ3n) is 4.76. The molecule has 0 saturated carbocycles. The fraction of sp³-hybridized carbons (Fsp3) is 0.0833. The number of nitrogens with zero attached hydrogens (tertiary/aromatic N) is 1. The fourth-order valence-corrected chi connectivity index (χ4v) is 3.42. The van der Waals surface area contributed by atoms with Crippen molar-refractivity contribution in [2.75, 3.05) is 4.90 Å². The highest BCUT2D eigenvalue weighted by Gasteiger charge is 2.53. The van der Waals surface area contributed by atoms with Crippen molar-refractivity contribution in [3.05, 3.63) is 101 Å². The van der Waals surface area contributed by atoms with E-state index in [-0.39, 0.29) is 16.8 Å². The second kappa shape index (κ2) is 9.03. The van der Waals surface area contributed by atoms with Gasteiger partial charge in [-0.2, -0.15) is 0 Å². The molecule has 0 N–H and O–H groups in total. The lowest BCUT2D eigenvalue weighted by Crippen LogP contribution is -2.37. The first-order chi connectivity index (χ1) is 15.5. The van der Waals surface area contributed by atoms with Gasteiger partial charge in [-0.15, -0.1) is 0 Å². The second-order valence-corrected chi connectivity index (χ2v) is 7.31. The van der Waals surface area contributed by atoms with Crippen LogP contribution in [0.25, 0.3) is 0 Å². The third-order valence-corrected chi connectivity index (χ3v) is 4.99. The highest BCUT2D eigenvalue weighted by Crippen LogP contribution is 2.29. The fourth-order valence-electron chi connectivity index (χ4n) is 3.23. The van der Waals surface area contributed by atoms with Crippen LogP contribution in [0.3, 0.4) is 0 Å². The van der Waals surface area contributed by atoms with Gasteiger partial charge in [-0.25, -0.2) is 14.5 Å². The molecule has 0 spiro atoms. The zero-order valence-electron chi connectivity index (χ0n) is 16.5. The lowest BCUT2D eigenvalue weighted by Gasteiger charge is -2.16. The molecule has 0 unspecified atom stereocenters. The van der Waals surface area contributed by atoms with E-state index in [9.17, 15) is 19.2 Å². The van der Waals surface area contributed by atoms with Gasteiger partial charge in [-0.3, -0.25) is 9.59 Å². The maximum absolute atomic E-state index is 13.1. The highest BCUT2D eigenvalue weighted by molar-refractivity contribution is 6.31. The molecule has 3 aromatic carbocycles. The molecule has 0 aliphatic carbocycles. The van der Waals surface area contributed by atoms with Gasteiger partial charge in [0.2, 0.25) is 12.2 Å². The summed E-state index contributed by atoms with van der Waals surface area (Å²) in [6.45, 7) is 0. The van der Waals surface area contributed by atoms with E-state index in [4.69, 9.17) is 21.1 Å². The number of hydrogen-bond donors (Lipinski definition) is 0. The van der Waals surface area contributed by atoms with Gasteiger partial charge in [0.15, 0.2) is 0 Å². The molecule has 1 aliphatic heterocycles. The zero-order chi connectivity index (χ0) is 22.7. The summed E-state index contributed by atoms with van der Waals surface area (Å²) in [5, 5.41) is 0.297. The number of carbonyl (C=O) groups excluding carboxylic acids is 4. The Labute approximate surface area is 188 Å². The number of imide groups is 1. The van der Waals surface area contributed by atoms with Crippen LogP contribution in [0, 0.1) is 0 Å². The van der Waals surface area contributed by atoms with Crippen molar-refractivity contribution in [3.63, 3.8) is 0 Å². The van der Waals surface area contributed by atoms with Gasteiger partial charge in [-0.1, -0.05) is 54.1 Å². The molecule has 32 heavy (non-hydrogen) atoms. The maximum atomic E-state index is 13.1. The molecule has 4 rings (SSSR count). The lowest BCUT2D eigenvalue weighted by molar-refractivity contribution is -0.130. The molecule has 7 nitrogen and oxygen atoms in total. The van der Waals surface area contributed by atoms with Crippen molar-refractivity contribution in [2.45, 2.75) is 12.2 Å². The minimum Gasteiger partial charge on any atom is -0.444 e. The molecule has 1 saturated heterocycles. The van der Waals surface area contributed by atoms with E-state index in [1.165, 1.54) is 36.4 Å². The number of amides is 2. The molecule has 3 aromatic rings. The van der Waals surface area contributed by atoms with Crippen molar-refractivity contribution < 1.29 is 28.7 Å². The maximum Gasteiger partial charge on any atom is 0.339 e. The van der Waals surface area contributed by atoms with E-state index >= 15 is 0 Å². The van der Waals surface area contributed by atoms with Crippen LogP contribution in [0.2, 0.25) is 5.02 Å². The van der Waals surface area contributed by atoms with E-state index in [0.717, 1.165) is 4.90 Å². The topological polar surface area (TPSA) is 90.0 Å². The Bertz CT molecular complexity index is 1110. The molecule has 0 aromatic heterocycles. The van der Waals surface area contributed by atoms with E-state index in [0.29, 0.717) is 5.02 Å². The van der Waals surface area contributed by atoms with Crippen molar-refractivity contribution in [2.24, 2.45) is 0 Å². The van der Waals surface area contributed by atoms with Crippen LogP contribution in [0.5, 0.6) is 0 Å². The van der Waals surface area contributed by atoms with Crippen LogP contribution in [0.1, 0.15) is 20.7 Å². The summed E-state index contributed by atoms with van der Waals surface area (Å²) in [4.78, 5) is 52.2. The Morgan fingerprint density at radius 2 is 1.16 bits per heavy atom. The number of hydrogen-bond acceptors (Lipinski definition) is 6. The van der Waals surface area contributed by atoms with Gasteiger partial charge < -0.3 is 9.47 Å². The minimum atomic E-state index is -1.65. The molecule has 2 atom stereocenters. The summed E-state index contributed by atoms with van der Waals surface area (Å²) < 4.78 is 10.7. The first-order valence-corrected chi connectivity index (χ1v) is 9.99. The average molecular weight is 450 g/mol. The smallest absolute Gasteiger partial charge is 0.339 e. The average Bonchev–Trinajstić information content (AvgIpc) is 3.04. The number of rotatable bonds is 5. The molecule has 1 heterocycles. The summed E-state index contributed by atoms with van der Waals surface area (Å²) in [5.41, 5.74) is 0.538. The third kappa shape index (κ3) is 4.24. The Hall–Kier alpha value is -3.97. The predicted octanol–water partition coefficient (Wildman–Crippen LogP) is 3.66. The van der Waals surface area contributed by atoms with E-state index in [1.807, 2.05) is 0 Å². The number of benzene rings is 3. The molecular weight excluding hydrogens is 434 g/mol. The summed E-state index contributed by atoms with van der Waals surface area (Å²) in [6, 6.07) is 22.0. The molecule has 2 amide bonds. The Morgan fingerprint density at radius 1 is 0.688 bits per heavy atom.